The van der Waals surface area contributed by atoms with Crippen LogP contribution in [0, 0.1) is 20.4 Å². The summed E-state index contributed by atoms with van der Waals surface area (Å²) in [5.74, 6) is 2.70. The van der Waals surface area contributed by atoms with Crippen molar-refractivity contribution in [1.82, 2.24) is 20.2 Å². The summed E-state index contributed by atoms with van der Waals surface area (Å²) in [4.78, 5) is 12.5. The summed E-state index contributed by atoms with van der Waals surface area (Å²) < 4.78 is 5.82. The minimum Gasteiger partial charge on any atom is -0.490 e. The third kappa shape index (κ3) is 4.57. The molecule has 0 bridgehead atoms. The van der Waals surface area contributed by atoms with E-state index in [0.717, 1.165) is 34.9 Å². The second-order valence-electron chi connectivity index (χ2n) is 6.26. The molecule has 0 unspecified atom stereocenters. The lowest BCUT2D eigenvalue weighted by Crippen LogP contribution is -2.14. The minimum absolute atomic E-state index is 0.439. The molecule has 144 valence electrons. The average molecular weight is 377 g/mol. The number of rotatable bonds is 8. The molecule has 0 fully saturated rings. The molecule has 3 aromatic rings. The second-order valence-corrected chi connectivity index (χ2v) is 6.26. The van der Waals surface area contributed by atoms with Gasteiger partial charge in [0.15, 0.2) is 0 Å². The Hall–Kier alpha value is -3.60. The Balaban J connectivity index is 1.67. The Morgan fingerprint density at radius 1 is 1.29 bits per heavy atom. The molecule has 3 aromatic heterocycles. The van der Waals surface area contributed by atoms with E-state index < -0.39 is 0 Å². The number of nitrogens with one attached hydrogen (secondary N) is 3. The number of pyridine rings is 2. The summed E-state index contributed by atoms with van der Waals surface area (Å²) in [6.45, 7) is 14.2. The molecule has 0 amide bonds. The highest BCUT2D eigenvalue weighted by Gasteiger charge is 2.11. The molecule has 8 heteroatoms. The van der Waals surface area contributed by atoms with Gasteiger partial charge >= 0.3 is 0 Å². The van der Waals surface area contributed by atoms with E-state index in [1.54, 1.807) is 6.20 Å². The monoisotopic (exact) mass is 377 g/mol. The Labute approximate surface area is 164 Å². The maximum absolute atomic E-state index is 7.46. The van der Waals surface area contributed by atoms with E-state index in [0.29, 0.717) is 30.5 Å². The Bertz CT molecular complexity index is 990. The fourth-order valence-electron chi connectivity index (χ4n) is 2.77. The highest BCUT2D eigenvalue weighted by molar-refractivity contribution is 5.73. The predicted octanol–water partition coefficient (Wildman–Crippen LogP) is 4.16. The molecule has 0 saturated carbocycles. The van der Waals surface area contributed by atoms with Crippen molar-refractivity contribution in [2.45, 2.75) is 27.2 Å². The highest BCUT2D eigenvalue weighted by atomic mass is 16.5. The summed E-state index contributed by atoms with van der Waals surface area (Å²) in [6.07, 6.45) is 2.57. The van der Waals surface area contributed by atoms with Gasteiger partial charge in [0.1, 0.15) is 29.8 Å². The van der Waals surface area contributed by atoms with Gasteiger partial charge in [-0.3, -0.25) is 10.1 Å². The van der Waals surface area contributed by atoms with E-state index in [-0.39, 0.29) is 0 Å². The summed E-state index contributed by atoms with van der Waals surface area (Å²) in [7, 11) is 0. The van der Waals surface area contributed by atoms with Crippen molar-refractivity contribution >= 4 is 23.1 Å². The first-order valence-electron chi connectivity index (χ1n) is 9.09. The normalized spacial score (nSPS) is 10.4. The first kappa shape index (κ1) is 19.2. The number of hydrogen-bond donors (Lipinski definition) is 3. The standard InChI is InChI=1S/C20H23N7O/c1-5-15-16(7-6-8-22-15)28-10-9-23-20-19(21-4)13(2)11-17(25-20)24-18-12-14(3)26-27-18/h6-8,11-12H,5,9-10H2,1-3H3,(H3,23,24,25,26,27). The maximum Gasteiger partial charge on any atom is 0.231 e. The molecular formula is C20H23N7O. The first-order valence-corrected chi connectivity index (χ1v) is 9.09. The number of aryl methyl sites for hydroxylation is 3. The number of ether oxygens (including phenoxy) is 1. The summed E-state index contributed by atoms with van der Waals surface area (Å²) >= 11 is 0. The van der Waals surface area contributed by atoms with Gasteiger partial charge in [-0.1, -0.05) is 6.92 Å². The summed E-state index contributed by atoms with van der Waals surface area (Å²) in [5, 5.41) is 13.4. The molecule has 3 N–H and O–H groups in total. The molecule has 3 rings (SSSR count). The molecule has 0 aliphatic carbocycles. The summed E-state index contributed by atoms with van der Waals surface area (Å²) in [6, 6.07) is 7.50. The van der Waals surface area contributed by atoms with E-state index in [1.807, 2.05) is 45.0 Å². The molecule has 0 atom stereocenters. The van der Waals surface area contributed by atoms with Gasteiger partial charge in [0, 0.05) is 18.8 Å². The number of aromatic amines is 1. The van der Waals surface area contributed by atoms with E-state index >= 15 is 0 Å². The molecule has 0 radical (unpaired) electrons. The fraction of sp³-hybridized carbons (Fsp3) is 0.300. The van der Waals surface area contributed by atoms with E-state index in [4.69, 9.17) is 11.3 Å². The van der Waals surface area contributed by atoms with Crippen LogP contribution in [0.3, 0.4) is 0 Å². The van der Waals surface area contributed by atoms with Crippen molar-refractivity contribution in [3.8, 4) is 5.75 Å². The van der Waals surface area contributed by atoms with Gasteiger partial charge in [0.2, 0.25) is 5.69 Å². The Kier molecular flexibility index (Phi) is 6.07. The van der Waals surface area contributed by atoms with Crippen molar-refractivity contribution in [3.63, 3.8) is 0 Å². The molecule has 0 aliphatic rings. The van der Waals surface area contributed by atoms with Crippen LogP contribution in [0.25, 0.3) is 4.85 Å². The van der Waals surface area contributed by atoms with Crippen molar-refractivity contribution in [1.29, 1.82) is 0 Å². The number of hydrogen-bond acceptors (Lipinski definition) is 6. The number of nitrogens with zero attached hydrogens (tertiary/aromatic N) is 4. The van der Waals surface area contributed by atoms with Crippen LogP contribution < -0.4 is 15.4 Å². The highest BCUT2D eigenvalue weighted by Crippen LogP contribution is 2.30. The molecule has 0 aliphatic heterocycles. The predicted molar refractivity (Wildman–Crippen MR) is 109 cm³/mol. The second kappa shape index (κ2) is 8.86. The zero-order valence-electron chi connectivity index (χ0n) is 16.2. The van der Waals surface area contributed by atoms with Gasteiger partial charge in [0.05, 0.1) is 18.0 Å². The summed E-state index contributed by atoms with van der Waals surface area (Å²) in [5.41, 5.74) is 3.16. The van der Waals surface area contributed by atoms with Gasteiger partial charge in [0.25, 0.3) is 0 Å². The molecule has 0 saturated heterocycles. The molecule has 0 aromatic carbocycles. The SMILES string of the molecule is [C-]#[N+]c1c(C)cc(Nc2cc(C)n[nH]2)nc1NCCOc1cccnc1CC. The average Bonchev–Trinajstić information content (AvgIpc) is 3.10. The molecule has 8 nitrogen and oxygen atoms in total. The Morgan fingerprint density at radius 2 is 2.14 bits per heavy atom. The number of aromatic nitrogens is 4. The topological polar surface area (TPSA) is 92.1 Å². The minimum atomic E-state index is 0.439. The van der Waals surface area contributed by atoms with Crippen molar-refractivity contribution in [2.24, 2.45) is 0 Å². The van der Waals surface area contributed by atoms with Crippen LogP contribution in [0.4, 0.5) is 23.1 Å². The van der Waals surface area contributed by atoms with Gasteiger partial charge < -0.3 is 15.4 Å². The smallest absolute Gasteiger partial charge is 0.231 e. The lowest BCUT2D eigenvalue weighted by Gasteiger charge is -2.13. The van der Waals surface area contributed by atoms with Crippen molar-refractivity contribution in [3.05, 3.63) is 58.8 Å². The van der Waals surface area contributed by atoms with Crippen molar-refractivity contribution < 1.29 is 4.74 Å². The third-order valence-corrected chi connectivity index (χ3v) is 4.10. The molecule has 0 spiro atoms. The van der Waals surface area contributed by atoms with Gasteiger partial charge in [-0.25, -0.2) is 9.83 Å². The van der Waals surface area contributed by atoms with Gasteiger partial charge in [-0.05, 0) is 44.0 Å². The Morgan fingerprint density at radius 3 is 2.86 bits per heavy atom. The van der Waals surface area contributed by atoms with Crippen molar-refractivity contribution in [2.75, 3.05) is 23.8 Å². The van der Waals surface area contributed by atoms with Crippen LogP contribution in [0.15, 0.2) is 30.5 Å². The zero-order chi connectivity index (χ0) is 19.9. The van der Waals surface area contributed by atoms with Gasteiger partial charge in [-0.15, -0.1) is 0 Å². The lowest BCUT2D eigenvalue weighted by molar-refractivity contribution is 0.327. The fourth-order valence-corrected chi connectivity index (χ4v) is 2.77. The zero-order valence-corrected chi connectivity index (χ0v) is 16.2. The molecular weight excluding hydrogens is 354 g/mol. The number of H-pyrrole nitrogens is 1. The van der Waals surface area contributed by atoms with E-state index in [2.05, 4.69) is 35.6 Å². The third-order valence-electron chi connectivity index (χ3n) is 4.10. The number of anilines is 3. The van der Waals surface area contributed by atoms with E-state index in [9.17, 15) is 0 Å². The van der Waals surface area contributed by atoms with Crippen LogP contribution in [0.1, 0.15) is 23.9 Å². The molecule has 3 heterocycles. The van der Waals surface area contributed by atoms with Crippen LogP contribution >= 0.6 is 0 Å². The maximum atomic E-state index is 7.46. The van der Waals surface area contributed by atoms with Crippen LogP contribution in [-0.4, -0.2) is 33.3 Å². The van der Waals surface area contributed by atoms with E-state index in [1.165, 1.54) is 0 Å². The van der Waals surface area contributed by atoms with Gasteiger partial charge in [-0.2, -0.15) is 5.10 Å². The quantitative estimate of drug-likeness (QED) is 0.403. The van der Waals surface area contributed by atoms with Crippen LogP contribution in [0.5, 0.6) is 5.75 Å². The van der Waals surface area contributed by atoms with Crippen LogP contribution in [0.2, 0.25) is 0 Å². The van der Waals surface area contributed by atoms with Crippen LogP contribution in [-0.2, 0) is 6.42 Å². The largest absolute Gasteiger partial charge is 0.490 e. The lowest BCUT2D eigenvalue weighted by atomic mass is 10.2. The first-order chi connectivity index (χ1) is 13.6. The molecule has 28 heavy (non-hydrogen) atoms.